The van der Waals surface area contributed by atoms with Gasteiger partial charge in [0, 0.05) is 11.6 Å². The van der Waals surface area contributed by atoms with Gasteiger partial charge in [0.1, 0.15) is 0 Å². The van der Waals surface area contributed by atoms with E-state index in [1.807, 2.05) is 6.92 Å². The lowest BCUT2D eigenvalue weighted by Gasteiger charge is -2.16. The summed E-state index contributed by atoms with van der Waals surface area (Å²) in [7, 11) is 0. The van der Waals surface area contributed by atoms with E-state index in [1.54, 1.807) is 0 Å². The zero-order valence-corrected chi connectivity index (χ0v) is 10.5. The number of hydrogen-bond donors (Lipinski definition) is 2. The van der Waals surface area contributed by atoms with Gasteiger partial charge >= 0.3 is 6.36 Å². The second-order valence-corrected chi connectivity index (χ2v) is 3.64. The normalized spacial score (nSPS) is 12.7. The molecule has 1 atom stereocenters. The van der Waals surface area contributed by atoms with Crippen molar-refractivity contribution in [3.63, 3.8) is 0 Å². The number of nitrogens with two attached hydrogens (primary N) is 1. The Labute approximate surface area is 109 Å². The molecule has 0 radical (unpaired) electrons. The van der Waals surface area contributed by atoms with Crippen LogP contribution in [0.2, 0.25) is 0 Å². The van der Waals surface area contributed by atoms with Gasteiger partial charge in [0.25, 0.3) is 0 Å². The Balaban J connectivity index is 0.00000289. The third-order valence-corrected chi connectivity index (χ3v) is 2.26. The number of alkyl halides is 3. The highest BCUT2D eigenvalue weighted by atomic mass is 35.5. The first-order chi connectivity index (χ1) is 7.85. The van der Waals surface area contributed by atoms with Crippen molar-refractivity contribution in [1.82, 2.24) is 0 Å². The van der Waals surface area contributed by atoms with Crippen LogP contribution in [0.15, 0.2) is 18.2 Å². The largest absolute Gasteiger partial charge is 0.573 e. The molecule has 0 saturated carbocycles. The molecule has 0 aliphatic heterocycles. The van der Waals surface area contributed by atoms with Gasteiger partial charge < -0.3 is 15.6 Å². The molecule has 0 fully saturated rings. The third-order valence-electron chi connectivity index (χ3n) is 2.26. The first-order valence-corrected chi connectivity index (χ1v) is 5.18. The van der Waals surface area contributed by atoms with E-state index < -0.39 is 23.9 Å². The van der Waals surface area contributed by atoms with Crippen LogP contribution in [-0.2, 0) is 0 Å². The molecular formula is C11H15ClF3NO2. The maximum absolute atomic E-state index is 12.0. The molecule has 1 rings (SSSR count). The Morgan fingerprint density at radius 1 is 1.39 bits per heavy atom. The van der Waals surface area contributed by atoms with Crippen molar-refractivity contribution in [2.75, 3.05) is 0 Å². The Bertz CT molecular complexity index is 385. The lowest BCUT2D eigenvalue weighted by atomic mass is 10.0. The van der Waals surface area contributed by atoms with Gasteiger partial charge in [-0.15, -0.1) is 25.6 Å². The van der Waals surface area contributed by atoms with Crippen LogP contribution < -0.4 is 10.5 Å². The van der Waals surface area contributed by atoms with Crippen molar-refractivity contribution in [3.8, 4) is 11.5 Å². The van der Waals surface area contributed by atoms with Gasteiger partial charge in [-0.2, -0.15) is 0 Å². The van der Waals surface area contributed by atoms with Crippen molar-refractivity contribution in [2.45, 2.75) is 32.2 Å². The van der Waals surface area contributed by atoms with Crippen LogP contribution in [0.5, 0.6) is 11.5 Å². The molecule has 18 heavy (non-hydrogen) atoms. The number of phenols is 1. The monoisotopic (exact) mass is 285 g/mol. The number of para-hydroxylation sites is 1. The fourth-order valence-electron chi connectivity index (χ4n) is 1.51. The smallest absolute Gasteiger partial charge is 0.504 e. The van der Waals surface area contributed by atoms with Gasteiger partial charge in [0.05, 0.1) is 0 Å². The van der Waals surface area contributed by atoms with Gasteiger partial charge in [0.2, 0.25) is 0 Å². The molecule has 0 saturated heterocycles. The van der Waals surface area contributed by atoms with Gasteiger partial charge in [-0.05, 0) is 12.5 Å². The molecule has 0 spiro atoms. The van der Waals surface area contributed by atoms with Crippen LogP contribution in [-0.4, -0.2) is 11.5 Å². The standard InChI is InChI=1S/C11H14F3NO2.ClH/c1-2-4-8(15)7-5-3-6-9(10(7)16)17-11(12,13)14;/h3,5-6,8,16H,2,4,15H2,1H3;1H/t8-;/m0./s1. The molecule has 0 aliphatic carbocycles. The molecule has 1 aromatic carbocycles. The molecule has 0 heterocycles. The minimum Gasteiger partial charge on any atom is -0.504 e. The van der Waals surface area contributed by atoms with Crippen LogP contribution in [0.3, 0.4) is 0 Å². The Morgan fingerprint density at radius 3 is 2.50 bits per heavy atom. The molecule has 3 N–H and O–H groups in total. The van der Waals surface area contributed by atoms with E-state index in [0.29, 0.717) is 6.42 Å². The van der Waals surface area contributed by atoms with Gasteiger partial charge in [0.15, 0.2) is 11.5 Å². The highest BCUT2D eigenvalue weighted by Gasteiger charge is 2.32. The van der Waals surface area contributed by atoms with Crippen molar-refractivity contribution < 1.29 is 23.0 Å². The van der Waals surface area contributed by atoms with E-state index >= 15 is 0 Å². The van der Waals surface area contributed by atoms with E-state index in [1.165, 1.54) is 12.1 Å². The fourth-order valence-corrected chi connectivity index (χ4v) is 1.51. The summed E-state index contributed by atoms with van der Waals surface area (Å²) in [6.45, 7) is 1.90. The van der Waals surface area contributed by atoms with E-state index in [2.05, 4.69) is 4.74 Å². The molecule has 3 nitrogen and oxygen atoms in total. The first kappa shape index (κ1) is 16.9. The summed E-state index contributed by atoms with van der Waals surface area (Å²) >= 11 is 0. The van der Waals surface area contributed by atoms with E-state index in [-0.39, 0.29) is 18.0 Å². The van der Waals surface area contributed by atoms with E-state index in [0.717, 1.165) is 12.5 Å². The predicted molar refractivity (Wildman–Crippen MR) is 63.9 cm³/mol. The quantitative estimate of drug-likeness (QED) is 0.890. The number of halogens is 4. The molecule has 1 aromatic rings. The molecular weight excluding hydrogens is 271 g/mol. The Morgan fingerprint density at radius 2 is 2.00 bits per heavy atom. The maximum Gasteiger partial charge on any atom is 0.573 e. The van der Waals surface area contributed by atoms with Crippen molar-refractivity contribution in [2.24, 2.45) is 5.73 Å². The lowest BCUT2D eigenvalue weighted by Crippen LogP contribution is -2.18. The van der Waals surface area contributed by atoms with Crippen LogP contribution in [0.4, 0.5) is 13.2 Å². The third kappa shape index (κ3) is 4.62. The summed E-state index contributed by atoms with van der Waals surface area (Å²) in [5, 5.41) is 9.64. The second-order valence-electron chi connectivity index (χ2n) is 3.64. The van der Waals surface area contributed by atoms with Crippen LogP contribution in [0.25, 0.3) is 0 Å². The number of rotatable bonds is 4. The topological polar surface area (TPSA) is 55.5 Å². The zero-order valence-electron chi connectivity index (χ0n) is 9.70. The SMILES string of the molecule is CCC[C@H](N)c1cccc(OC(F)(F)F)c1O.Cl. The second kappa shape index (κ2) is 6.70. The van der Waals surface area contributed by atoms with Crippen molar-refractivity contribution in [3.05, 3.63) is 23.8 Å². The average molecular weight is 286 g/mol. The number of ether oxygens (including phenoxy) is 1. The lowest BCUT2D eigenvalue weighted by molar-refractivity contribution is -0.275. The summed E-state index contributed by atoms with van der Waals surface area (Å²) in [5.74, 6) is -1.17. The van der Waals surface area contributed by atoms with E-state index in [4.69, 9.17) is 5.73 Å². The highest BCUT2D eigenvalue weighted by Crippen LogP contribution is 2.37. The first-order valence-electron chi connectivity index (χ1n) is 5.18. The summed E-state index contributed by atoms with van der Waals surface area (Å²) in [6, 6.07) is 3.40. The number of phenolic OH excluding ortho intramolecular Hbond substituents is 1. The molecule has 0 aliphatic rings. The molecule has 0 bridgehead atoms. The van der Waals surface area contributed by atoms with Crippen molar-refractivity contribution in [1.29, 1.82) is 0 Å². The molecule has 104 valence electrons. The fraction of sp³-hybridized carbons (Fsp3) is 0.455. The molecule has 7 heteroatoms. The van der Waals surface area contributed by atoms with Gasteiger partial charge in [-0.3, -0.25) is 0 Å². The highest BCUT2D eigenvalue weighted by molar-refractivity contribution is 5.85. The number of aromatic hydroxyl groups is 1. The zero-order chi connectivity index (χ0) is 13.1. The van der Waals surface area contributed by atoms with Crippen LogP contribution in [0.1, 0.15) is 31.4 Å². The summed E-state index contributed by atoms with van der Waals surface area (Å²) in [5.41, 5.74) is 6.00. The Hall–Kier alpha value is -1.14. The van der Waals surface area contributed by atoms with E-state index in [9.17, 15) is 18.3 Å². The molecule has 0 unspecified atom stereocenters. The van der Waals surface area contributed by atoms with Gasteiger partial charge in [-0.25, -0.2) is 0 Å². The van der Waals surface area contributed by atoms with Crippen LogP contribution >= 0.6 is 12.4 Å². The number of hydrogen-bond acceptors (Lipinski definition) is 3. The van der Waals surface area contributed by atoms with Crippen molar-refractivity contribution >= 4 is 12.4 Å². The molecule has 0 aromatic heterocycles. The predicted octanol–water partition coefficient (Wildman–Crippen LogP) is 3.51. The van der Waals surface area contributed by atoms with Crippen LogP contribution in [0, 0.1) is 0 Å². The minimum absolute atomic E-state index is 0. The number of benzene rings is 1. The average Bonchev–Trinajstić information content (AvgIpc) is 2.19. The summed E-state index contributed by atoms with van der Waals surface area (Å²) < 4.78 is 39.8. The summed E-state index contributed by atoms with van der Waals surface area (Å²) in [6.07, 6.45) is -3.49. The molecule has 0 amide bonds. The van der Waals surface area contributed by atoms with Gasteiger partial charge in [-0.1, -0.05) is 25.5 Å². The Kier molecular flexibility index (Phi) is 6.28. The summed E-state index contributed by atoms with van der Waals surface area (Å²) in [4.78, 5) is 0. The minimum atomic E-state index is -4.83. The maximum atomic E-state index is 12.0.